The predicted octanol–water partition coefficient (Wildman–Crippen LogP) is -6.04. The van der Waals surface area contributed by atoms with Crippen LogP contribution in [0.1, 0.15) is 20.7 Å². The van der Waals surface area contributed by atoms with Crippen LogP contribution in [-0.4, -0.2) is 167 Å². The summed E-state index contributed by atoms with van der Waals surface area (Å²) in [7, 11) is 0. The van der Waals surface area contributed by atoms with E-state index < -0.39 is 11.9 Å². The highest BCUT2D eigenvalue weighted by Gasteiger charge is 2.25. The summed E-state index contributed by atoms with van der Waals surface area (Å²) in [5, 5.41) is 91.0. The summed E-state index contributed by atoms with van der Waals surface area (Å²) in [5.74, 6) is -2.67. The molecule has 0 heterocycles. The summed E-state index contributed by atoms with van der Waals surface area (Å²) in [6, 6.07) is 4.61. The van der Waals surface area contributed by atoms with Crippen molar-refractivity contribution in [1.82, 2.24) is 0 Å². The lowest BCUT2D eigenvalue weighted by Gasteiger charge is -2.36. The Balaban J connectivity index is 0. The van der Waals surface area contributed by atoms with Gasteiger partial charge in [0.15, 0.2) is 0 Å². The van der Waals surface area contributed by atoms with Gasteiger partial charge >= 0.3 is 0 Å². The summed E-state index contributed by atoms with van der Waals surface area (Å²) >= 11 is 0. The molecule has 8 N–H and O–H groups in total. The molecule has 1 aromatic rings. The first-order chi connectivity index (χ1) is 18.1. The highest BCUT2D eigenvalue weighted by Crippen LogP contribution is 2.05. The summed E-state index contributed by atoms with van der Waals surface area (Å²) < 4.78 is 0.750. The van der Waals surface area contributed by atoms with Crippen molar-refractivity contribution in [3.8, 4) is 0 Å². The smallest absolute Gasteiger partial charge is 0.102 e. The molecule has 38 heavy (non-hydrogen) atoms. The number of rotatable bonds is 18. The third-order valence-corrected chi connectivity index (χ3v) is 5.95. The fourth-order valence-electron chi connectivity index (χ4n) is 3.78. The molecule has 0 radical (unpaired) electrons. The maximum atomic E-state index is 10.2. The van der Waals surface area contributed by atoms with Gasteiger partial charge in [-0.1, -0.05) is 24.3 Å². The first kappa shape index (κ1) is 37.9. The van der Waals surface area contributed by atoms with E-state index in [4.69, 9.17) is 40.9 Å². The Kier molecular flexibility index (Phi) is 22.7. The van der Waals surface area contributed by atoms with Gasteiger partial charge in [0.2, 0.25) is 0 Å². The Morgan fingerprint density at radius 2 is 0.605 bits per heavy atom. The van der Waals surface area contributed by atoms with Crippen LogP contribution in [0.25, 0.3) is 0 Å². The topological polar surface area (TPSA) is 242 Å². The molecule has 0 saturated carbocycles. The summed E-state index contributed by atoms with van der Waals surface area (Å²) in [6.07, 6.45) is 0. The quantitative estimate of drug-likeness (QED) is 0.0794. The van der Waals surface area contributed by atoms with Crippen molar-refractivity contribution < 1.29 is 69.6 Å². The van der Waals surface area contributed by atoms with Crippen molar-refractivity contribution in [2.45, 2.75) is 0 Å². The zero-order chi connectivity index (χ0) is 29.5. The molecule has 0 saturated heterocycles. The van der Waals surface area contributed by atoms with E-state index in [9.17, 15) is 19.8 Å². The van der Waals surface area contributed by atoms with E-state index in [-0.39, 0.29) is 64.0 Å². The fourth-order valence-corrected chi connectivity index (χ4v) is 3.78. The van der Waals surface area contributed by atoms with E-state index in [1.54, 1.807) is 0 Å². The van der Waals surface area contributed by atoms with E-state index in [2.05, 4.69) is 0 Å². The second kappa shape index (κ2) is 22.7. The Hall–Kier alpha value is -2.24. The average molecular weight is 553 g/mol. The molecule has 0 aromatic heterocycles. The van der Waals surface area contributed by atoms with E-state index >= 15 is 0 Å². The molecule has 0 spiro atoms. The van der Waals surface area contributed by atoms with Crippen LogP contribution in [0.3, 0.4) is 0 Å². The number of benzene rings is 1. The van der Waals surface area contributed by atoms with Crippen molar-refractivity contribution in [3.05, 3.63) is 35.4 Å². The second-order valence-electron chi connectivity index (χ2n) is 8.41. The Morgan fingerprint density at radius 3 is 0.711 bits per heavy atom. The fraction of sp³-hybridized carbons (Fsp3) is 0.667. The zero-order valence-corrected chi connectivity index (χ0v) is 21.7. The average Bonchev–Trinajstić information content (AvgIpc) is 2.86. The Labute approximate surface area is 222 Å². The standard InChI is InChI=1S/2C8H20NO4.C8H6O4/c2*10-5-1-9(2-6-11,3-7-12)4-8-13;9-7(10)5-1-2-6(4-3-5)8(11)12/h2*10-13H,1-8H2;1-4H,(H,9,10)(H,11,12)/q2*+1;/p-2. The van der Waals surface area contributed by atoms with Gasteiger partial charge in [0.1, 0.15) is 52.4 Å². The monoisotopic (exact) mass is 552 g/mol. The van der Waals surface area contributed by atoms with Crippen molar-refractivity contribution in [3.63, 3.8) is 0 Å². The molecule has 14 nitrogen and oxygen atoms in total. The largest absolute Gasteiger partial charge is 0.545 e. The van der Waals surface area contributed by atoms with Gasteiger partial charge in [0, 0.05) is 0 Å². The first-order valence-corrected chi connectivity index (χ1v) is 12.2. The summed E-state index contributed by atoms with van der Waals surface area (Å²) in [5.41, 5.74) is -0.111. The number of hydrogen-bond donors (Lipinski definition) is 8. The number of hydrogen-bond acceptors (Lipinski definition) is 12. The van der Waals surface area contributed by atoms with Gasteiger partial charge in [0.05, 0.1) is 64.8 Å². The van der Waals surface area contributed by atoms with Crippen molar-refractivity contribution in [2.24, 2.45) is 0 Å². The van der Waals surface area contributed by atoms with E-state index in [1.807, 2.05) is 0 Å². The molecule has 1 rings (SSSR count). The second-order valence-corrected chi connectivity index (χ2v) is 8.41. The number of quaternary nitrogens is 2. The minimum absolute atomic E-state index is 0. The number of carboxylic acids is 2. The van der Waals surface area contributed by atoms with Crippen LogP contribution in [0.5, 0.6) is 0 Å². The lowest BCUT2D eigenvalue weighted by atomic mass is 10.1. The van der Waals surface area contributed by atoms with Crippen LogP contribution in [-0.2, 0) is 0 Å². The van der Waals surface area contributed by atoms with Crippen molar-refractivity contribution >= 4 is 11.9 Å². The molecule has 1 aromatic carbocycles. The van der Waals surface area contributed by atoms with Gasteiger partial charge in [-0.3, -0.25) is 0 Å². The molecule has 0 unspecified atom stereocenters. The van der Waals surface area contributed by atoms with Gasteiger partial charge in [-0.2, -0.15) is 0 Å². The highest BCUT2D eigenvalue weighted by atomic mass is 16.4. The number of aliphatic hydroxyl groups excluding tert-OH is 8. The van der Waals surface area contributed by atoms with E-state index in [0.29, 0.717) is 61.3 Å². The number of nitrogens with zero attached hydrogens (tertiary/aromatic N) is 2. The van der Waals surface area contributed by atoms with Crippen molar-refractivity contribution in [1.29, 1.82) is 0 Å². The Morgan fingerprint density at radius 1 is 0.447 bits per heavy atom. The zero-order valence-electron chi connectivity index (χ0n) is 21.7. The maximum Gasteiger partial charge on any atom is 0.102 e. The summed E-state index contributed by atoms with van der Waals surface area (Å²) in [6.45, 7) is 3.68. The van der Waals surface area contributed by atoms with Gasteiger partial charge in [-0.05, 0) is 11.1 Å². The molecule has 0 aliphatic carbocycles. The third-order valence-electron chi connectivity index (χ3n) is 5.95. The van der Waals surface area contributed by atoms with Gasteiger partial charge < -0.3 is 69.6 Å². The first-order valence-electron chi connectivity index (χ1n) is 12.2. The lowest BCUT2D eigenvalue weighted by molar-refractivity contribution is -0.929. The number of carbonyl (C=O) groups is 2. The third kappa shape index (κ3) is 15.9. The number of carboxylic acid groups (broad SMARTS) is 2. The highest BCUT2D eigenvalue weighted by molar-refractivity contribution is 5.89. The van der Waals surface area contributed by atoms with Crippen LogP contribution in [0.15, 0.2) is 24.3 Å². The van der Waals surface area contributed by atoms with Crippen LogP contribution in [0, 0.1) is 0 Å². The van der Waals surface area contributed by atoms with Gasteiger partial charge in [-0.15, -0.1) is 0 Å². The number of aliphatic hydroxyl groups is 8. The molecular weight excluding hydrogens is 508 g/mol. The molecular formula is C24H44N2O12. The van der Waals surface area contributed by atoms with Gasteiger partial charge in [-0.25, -0.2) is 0 Å². The molecule has 14 heteroatoms. The van der Waals surface area contributed by atoms with E-state index in [1.165, 1.54) is 0 Å². The van der Waals surface area contributed by atoms with Gasteiger partial charge in [0.25, 0.3) is 0 Å². The lowest BCUT2D eigenvalue weighted by Crippen LogP contribution is -2.54. The van der Waals surface area contributed by atoms with Crippen molar-refractivity contribution in [2.75, 3.05) is 105 Å². The predicted molar refractivity (Wildman–Crippen MR) is 131 cm³/mol. The normalized spacial score (nSPS) is 11.2. The minimum atomic E-state index is -1.33. The molecule has 0 aliphatic heterocycles. The molecule has 0 aliphatic rings. The SMILES string of the molecule is O=C([O-])c1ccc(C(=O)[O-])cc1.OCC[N+](CCO)(CCO)CCO.OCC[N+](CCO)(CCO)CCO. The molecule has 0 amide bonds. The molecule has 0 atom stereocenters. The van der Waals surface area contributed by atoms with Crippen LogP contribution in [0.2, 0.25) is 0 Å². The van der Waals surface area contributed by atoms with Crippen LogP contribution in [0.4, 0.5) is 0 Å². The van der Waals surface area contributed by atoms with Crippen LogP contribution < -0.4 is 10.2 Å². The summed E-state index contributed by atoms with van der Waals surface area (Å²) in [4.78, 5) is 20.4. The van der Waals surface area contributed by atoms with Crippen LogP contribution >= 0.6 is 0 Å². The number of aromatic carboxylic acids is 2. The minimum Gasteiger partial charge on any atom is -0.545 e. The Bertz CT molecular complexity index is 614. The molecule has 222 valence electrons. The number of carbonyl (C=O) groups excluding carboxylic acids is 2. The maximum absolute atomic E-state index is 10.2. The molecule has 0 fully saturated rings. The molecule has 0 bridgehead atoms. The van der Waals surface area contributed by atoms with E-state index in [0.717, 1.165) is 24.3 Å².